The fourth-order valence-electron chi connectivity index (χ4n) is 5.60. The van der Waals surface area contributed by atoms with Crippen molar-refractivity contribution in [2.45, 2.75) is 63.4 Å². The Labute approximate surface area is 226 Å². The highest BCUT2D eigenvalue weighted by Crippen LogP contribution is 2.56. The monoisotopic (exact) mass is 537 g/mol. The third-order valence-corrected chi connectivity index (χ3v) is 7.78. The van der Waals surface area contributed by atoms with E-state index < -0.39 is 6.36 Å². The lowest BCUT2D eigenvalue weighted by Crippen LogP contribution is -2.34. The van der Waals surface area contributed by atoms with E-state index >= 15 is 0 Å². The number of hydrogen-bond acceptors (Lipinski definition) is 6. The van der Waals surface area contributed by atoms with Crippen LogP contribution in [0.2, 0.25) is 0 Å². The Kier molecular flexibility index (Phi) is 7.35. The van der Waals surface area contributed by atoms with E-state index in [0.717, 1.165) is 54.9 Å². The predicted molar refractivity (Wildman–Crippen MR) is 146 cm³/mol. The van der Waals surface area contributed by atoms with Crippen molar-refractivity contribution in [3.05, 3.63) is 48.0 Å². The molecule has 0 aliphatic heterocycles. The highest BCUT2D eigenvalue weighted by atomic mass is 19.4. The first-order valence-electron chi connectivity index (χ1n) is 13.2. The molecule has 2 aromatic carbocycles. The number of ether oxygens (including phenoxy) is 1. The number of carbonyl (C=O) groups is 1. The molecule has 0 bridgehead atoms. The maximum Gasteiger partial charge on any atom is 0.573 e. The molecule has 2 aliphatic rings. The number of fused-ring (bicyclic) bond motifs is 1. The van der Waals surface area contributed by atoms with Crippen molar-refractivity contribution in [1.29, 1.82) is 0 Å². The van der Waals surface area contributed by atoms with Gasteiger partial charge in [0, 0.05) is 38.0 Å². The van der Waals surface area contributed by atoms with E-state index in [1.54, 1.807) is 0 Å². The molecule has 2 aliphatic carbocycles. The molecule has 2 fully saturated rings. The minimum atomic E-state index is -4.83. The molecule has 2 saturated carbocycles. The molecule has 2 radical (unpaired) electrons. The summed E-state index contributed by atoms with van der Waals surface area (Å²) in [5.41, 5.74) is 1.45. The SMILES string of the molecule is [B]c1ccc(CCC(=O)N[C@@H]2CC23CCC(Nc2nc(N(C)C)c4ccccc4n2)CC3)c(OC(F)(F)F)c1. The molecule has 204 valence electrons. The second-order valence-electron chi connectivity index (χ2n) is 10.8. The molecule has 1 aromatic heterocycles. The molecule has 5 rings (SSSR count). The third kappa shape index (κ3) is 6.39. The number of carbonyl (C=O) groups excluding carboxylic acids is 1. The van der Waals surface area contributed by atoms with Crippen LogP contribution < -0.4 is 25.7 Å². The van der Waals surface area contributed by atoms with Gasteiger partial charge in [0.15, 0.2) is 0 Å². The van der Waals surface area contributed by atoms with Gasteiger partial charge in [-0.3, -0.25) is 4.79 Å². The number of nitrogens with zero attached hydrogens (tertiary/aromatic N) is 3. The van der Waals surface area contributed by atoms with Crippen molar-refractivity contribution in [2.24, 2.45) is 5.41 Å². The first-order chi connectivity index (χ1) is 18.5. The summed E-state index contributed by atoms with van der Waals surface area (Å²) < 4.78 is 42.3. The molecule has 0 unspecified atom stereocenters. The number of nitrogens with one attached hydrogen (secondary N) is 2. The Morgan fingerprint density at radius 2 is 1.90 bits per heavy atom. The summed E-state index contributed by atoms with van der Waals surface area (Å²) in [6.07, 6.45) is 0.150. The van der Waals surface area contributed by atoms with Crippen molar-refractivity contribution in [1.82, 2.24) is 15.3 Å². The van der Waals surface area contributed by atoms with Crippen LogP contribution in [0.3, 0.4) is 0 Å². The summed E-state index contributed by atoms with van der Waals surface area (Å²) in [5.74, 6) is 0.955. The maximum atomic E-state index is 12.7. The van der Waals surface area contributed by atoms with Crippen LogP contribution in [0.15, 0.2) is 42.5 Å². The number of halogens is 3. The van der Waals surface area contributed by atoms with Crippen LogP contribution >= 0.6 is 0 Å². The normalized spacial score (nSPS) is 22.5. The number of benzene rings is 2. The van der Waals surface area contributed by atoms with Gasteiger partial charge in [0.25, 0.3) is 0 Å². The van der Waals surface area contributed by atoms with E-state index in [-0.39, 0.29) is 47.5 Å². The second-order valence-corrected chi connectivity index (χ2v) is 10.8. The summed E-state index contributed by atoms with van der Waals surface area (Å²) in [7, 11) is 9.54. The lowest BCUT2D eigenvalue weighted by molar-refractivity contribution is -0.274. The van der Waals surface area contributed by atoms with Gasteiger partial charge in [0.05, 0.1) is 5.52 Å². The quantitative estimate of drug-likeness (QED) is 0.419. The summed E-state index contributed by atoms with van der Waals surface area (Å²) in [6.45, 7) is 0. The van der Waals surface area contributed by atoms with Crippen molar-refractivity contribution in [3.8, 4) is 5.75 Å². The molecule has 2 N–H and O–H groups in total. The summed E-state index contributed by atoms with van der Waals surface area (Å²) in [4.78, 5) is 24.1. The zero-order valence-electron chi connectivity index (χ0n) is 22.0. The highest BCUT2D eigenvalue weighted by molar-refractivity contribution is 6.32. The number of alkyl halides is 3. The minimum absolute atomic E-state index is 0.0718. The van der Waals surface area contributed by atoms with Crippen LogP contribution in [-0.4, -0.2) is 56.3 Å². The summed E-state index contributed by atoms with van der Waals surface area (Å²) in [6, 6.07) is 12.4. The number of amides is 1. The van der Waals surface area contributed by atoms with Gasteiger partial charge in [0.2, 0.25) is 11.9 Å². The Morgan fingerprint density at radius 3 is 2.62 bits per heavy atom. The Hall–Kier alpha value is -3.50. The minimum Gasteiger partial charge on any atom is -0.406 e. The zero-order valence-corrected chi connectivity index (χ0v) is 22.0. The van der Waals surface area contributed by atoms with Crippen molar-refractivity contribution in [3.63, 3.8) is 0 Å². The molecular formula is C28H31BF3N5O2. The van der Waals surface area contributed by atoms with Gasteiger partial charge in [-0.25, -0.2) is 4.98 Å². The molecule has 11 heteroatoms. The number of rotatable bonds is 8. The number of hydrogen-bond donors (Lipinski definition) is 2. The fraction of sp³-hybridized carbons (Fsp3) is 0.464. The van der Waals surface area contributed by atoms with E-state index in [4.69, 9.17) is 17.8 Å². The Balaban J connectivity index is 1.12. The second kappa shape index (κ2) is 10.6. The van der Waals surface area contributed by atoms with Crippen LogP contribution in [0.4, 0.5) is 24.9 Å². The molecule has 0 saturated heterocycles. The number of para-hydroxylation sites is 1. The average molecular weight is 537 g/mol. The van der Waals surface area contributed by atoms with Crippen LogP contribution in [0, 0.1) is 5.41 Å². The van der Waals surface area contributed by atoms with E-state index in [0.29, 0.717) is 11.5 Å². The zero-order chi connectivity index (χ0) is 27.8. The summed E-state index contributed by atoms with van der Waals surface area (Å²) in [5, 5.41) is 7.61. The van der Waals surface area contributed by atoms with Gasteiger partial charge in [0.1, 0.15) is 19.4 Å². The van der Waals surface area contributed by atoms with Crippen LogP contribution in [-0.2, 0) is 11.2 Å². The molecule has 1 spiro atoms. The molecule has 1 heterocycles. The Morgan fingerprint density at radius 1 is 1.15 bits per heavy atom. The van der Waals surface area contributed by atoms with E-state index in [1.807, 2.05) is 43.3 Å². The third-order valence-electron chi connectivity index (χ3n) is 7.78. The van der Waals surface area contributed by atoms with Crippen molar-refractivity contribution >= 4 is 41.9 Å². The lowest BCUT2D eigenvalue weighted by Gasteiger charge is -2.30. The number of anilines is 2. The lowest BCUT2D eigenvalue weighted by atomic mass is 9.83. The van der Waals surface area contributed by atoms with Crippen LogP contribution in [0.5, 0.6) is 5.75 Å². The van der Waals surface area contributed by atoms with Crippen molar-refractivity contribution in [2.75, 3.05) is 24.3 Å². The van der Waals surface area contributed by atoms with E-state index in [2.05, 4.69) is 15.4 Å². The molecule has 7 nitrogen and oxygen atoms in total. The van der Waals surface area contributed by atoms with Gasteiger partial charge in [-0.05, 0) is 67.7 Å². The van der Waals surface area contributed by atoms with Crippen LogP contribution in [0.1, 0.15) is 44.1 Å². The van der Waals surface area contributed by atoms with Crippen molar-refractivity contribution < 1.29 is 22.7 Å². The fourth-order valence-corrected chi connectivity index (χ4v) is 5.60. The van der Waals surface area contributed by atoms with Gasteiger partial charge >= 0.3 is 6.36 Å². The van der Waals surface area contributed by atoms with Crippen LogP contribution in [0.25, 0.3) is 10.9 Å². The largest absolute Gasteiger partial charge is 0.573 e. The maximum absolute atomic E-state index is 12.7. The van der Waals surface area contributed by atoms with Gasteiger partial charge in [-0.2, -0.15) is 4.98 Å². The summed E-state index contributed by atoms with van der Waals surface area (Å²) >= 11 is 0. The van der Waals surface area contributed by atoms with Gasteiger partial charge in [-0.1, -0.05) is 29.7 Å². The smallest absolute Gasteiger partial charge is 0.406 e. The molecule has 1 amide bonds. The molecule has 1 atom stereocenters. The standard InChI is InChI=1S/C28H31BF3N5O2/c1-37(2)25-20-5-3-4-6-21(20)34-26(36-25)33-19-11-13-27(14-12-19)16-23(27)35-24(38)10-8-17-7-9-18(29)15-22(17)39-28(30,31)32/h3-7,9,15,19,23H,8,10-14,16H2,1-2H3,(H,35,38)(H,33,34,36)/t19?,23-,27?/m1/s1. The van der Waals surface area contributed by atoms with E-state index in [9.17, 15) is 18.0 Å². The first-order valence-corrected chi connectivity index (χ1v) is 13.2. The van der Waals surface area contributed by atoms with Gasteiger partial charge in [-0.15, -0.1) is 13.2 Å². The topological polar surface area (TPSA) is 79.4 Å². The first kappa shape index (κ1) is 27.1. The average Bonchev–Trinajstić information content (AvgIpc) is 3.53. The van der Waals surface area contributed by atoms with E-state index in [1.165, 1.54) is 12.1 Å². The molecule has 3 aromatic rings. The highest BCUT2D eigenvalue weighted by Gasteiger charge is 2.55. The Bertz CT molecular complexity index is 1360. The molecule has 39 heavy (non-hydrogen) atoms. The number of aromatic nitrogens is 2. The number of aryl methyl sites for hydroxylation is 1. The van der Waals surface area contributed by atoms with Gasteiger partial charge < -0.3 is 20.3 Å². The molecular weight excluding hydrogens is 506 g/mol. The predicted octanol–water partition coefficient (Wildman–Crippen LogP) is 4.25.